The largest absolute Gasteiger partial charge is 0.340 e. The van der Waals surface area contributed by atoms with E-state index in [1.165, 1.54) is 27.6 Å². The molecular formula is C37H29N3. The van der Waals surface area contributed by atoms with E-state index in [4.69, 9.17) is 4.99 Å². The lowest BCUT2D eigenvalue weighted by molar-refractivity contribution is 0.869. The van der Waals surface area contributed by atoms with Crippen LogP contribution in [-0.2, 0) is 0 Å². The van der Waals surface area contributed by atoms with Crippen molar-refractivity contribution < 1.29 is 0 Å². The molecule has 1 atom stereocenters. The van der Waals surface area contributed by atoms with Gasteiger partial charge in [-0.1, -0.05) is 109 Å². The average molecular weight is 516 g/mol. The Hall–Kier alpha value is -5.02. The molecule has 1 aromatic heterocycles. The van der Waals surface area contributed by atoms with Gasteiger partial charge in [-0.2, -0.15) is 0 Å². The molecule has 2 aliphatic rings. The van der Waals surface area contributed by atoms with Crippen molar-refractivity contribution in [3.63, 3.8) is 0 Å². The molecule has 1 unspecified atom stereocenters. The number of pyridine rings is 1. The Labute approximate surface area is 235 Å². The minimum Gasteiger partial charge on any atom is -0.340 e. The normalized spacial score (nSPS) is 16.6. The molecule has 2 heterocycles. The molecule has 0 amide bonds. The van der Waals surface area contributed by atoms with Gasteiger partial charge >= 0.3 is 0 Å². The second-order valence-corrected chi connectivity index (χ2v) is 10.3. The summed E-state index contributed by atoms with van der Waals surface area (Å²) in [6.07, 6.45) is 14.7. The summed E-state index contributed by atoms with van der Waals surface area (Å²) in [4.78, 5) is 9.75. The smallest absolute Gasteiger partial charge is 0.129 e. The van der Waals surface area contributed by atoms with E-state index in [1.54, 1.807) is 0 Å². The highest BCUT2D eigenvalue weighted by Crippen LogP contribution is 2.34. The van der Waals surface area contributed by atoms with Gasteiger partial charge in [0.15, 0.2) is 0 Å². The Bertz CT molecular complexity index is 1820. The first-order chi connectivity index (χ1) is 19.8. The second kappa shape index (κ2) is 10.6. The molecule has 0 radical (unpaired) electrons. The van der Waals surface area contributed by atoms with Gasteiger partial charge in [0.25, 0.3) is 0 Å². The van der Waals surface area contributed by atoms with Crippen molar-refractivity contribution in [2.24, 2.45) is 4.99 Å². The molecule has 1 N–H and O–H groups in total. The molecule has 192 valence electrons. The predicted molar refractivity (Wildman–Crippen MR) is 167 cm³/mol. The summed E-state index contributed by atoms with van der Waals surface area (Å²) in [6.45, 7) is 0. The van der Waals surface area contributed by atoms with Gasteiger partial charge in [-0.25, -0.2) is 0 Å². The lowest BCUT2D eigenvalue weighted by atomic mass is 9.94. The fourth-order valence-corrected chi connectivity index (χ4v) is 5.57. The van der Waals surface area contributed by atoms with Crippen molar-refractivity contribution >= 4 is 22.3 Å². The van der Waals surface area contributed by atoms with Crippen LogP contribution in [0.5, 0.6) is 0 Å². The standard InChI is InChI=1S/C37H29N3/c1-3-11-26(12-4-1)28-16-9-18-30(21-28)35-23-36(40-37(39-35)27-13-5-2-6-14-27)31-19-10-17-29(22-31)34-25-38-24-32-15-7-8-20-33(32)34/h1-5,7-13,15-25,35H,6,14H2,(H,39,40). The third-order valence-corrected chi connectivity index (χ3v) is 7.65. The summed E-state index contributed by atoms with van der Waals surface area (Å²) in [5.41, 5.74) is 9.33. The molecule has 5 aromatic rings. The number of allylic oxidation sites excluding steroid dienone is 3. The van der Waals surface area contributed by atoms with E-state index in [-0.39, 0.29) is 6.04 Å². The van der Waals surface area contributed by atoms with Gasteiger partial charge < -0.3 is 5.32 Å². The topological polar surface area (TPSA) is 37.3 Å². The number of fused-ring (bicyclic) bond motifs is 1. The maximum absolute atomic E-state index is 5.22. The van der Waals surface area contributed by atoms with E-state index in [0.29, 0.717) is 0 Å². The minimum atomic E-state index is -0.0930. The summed E-state index contributed by atoms with van der Waals surface area (Å²) in [5.74, 6) is 0.953. The molecule has 7 rings (SSSR count). The number of nitrogens with one attached hydrogen (secondary N) is 1. The van der Waals surface area contributed by atoms with Crippen molar-refractivity contribution in [1.82, 2.24) is 10.3 Å². The van der Waals surface area contributed by atoms with Crippen molar-refractivity contribution in [2.45, 2.75) is 18.9 Å². The minimum absolute atomic E-state index is 0.0930. The van der Waals surface area contributed by atoms with E-state index in [2.05, 4.69) is 138 Å². The molecule has 0 saturated heterocycles. The van der Waals surface area contributed by atoms with Crippen molar-refractivity contribution in [3.8, 4) is 22.3 Å². The zero-order chi connectivity index (χ0) is 26.7. The van der Waals surface area contributed by atoms with Crippen LogP contribution in [0.4, 0.5) is 0 Å². The highest BCUT2D eigenvalue weighted by Gasteiger charge is 2.21. The Morgan fingerprint density at radius 2 is 1.50 bits per heavy atom. The zero-order valence-corrected chi connectivity index (χ0v) is 22.2. The summed E-state index contributed by atoms with van der Waals surface area (Å²) >= 11 is 0. The van der Waals surface area contributed by atoms with E-state index in [1.807, 2.05) is 12.4 Å². The highest BCUT2D eigenvalue weighted by molar-refractivity contribution is 6.05. The summed E-state index contributed by atoms with van der Waals surface area (Å²) in [6, 6.07) is 36.4. The molecule has 0 spiro atoms. The van der Waals surface area contributed by atoms with Crippen LogP contribution in [0, 0.1) is 0 Å². The van der Waals surface area contributed by atoms with Crippen molar-refractivity contribution in [1.29, 1.82) is 0 Å². The Balaban J connectivity index is 1.31. The number of amidine groups is 1. The number of nitrogens with zero attached hydrogens (tertiary/aromatic N) is 2. The Morgan fingerprint density at radius 1 is 0.700 bits per heavy atom. The summed E-state index contributed by atoms with van der Waals surface area (Å²) in [7, 11) is 0. The van der Waals surface area contributed by atoms with Crippen LogP contribution in [0.15, 0.2) is 150 Å². The summed E-state index contributed by atoms with van der Waals surface area (Å²) in [5, 5.41) is 6.04. The van der Waals surface area contributed by atoms with Crippen LogP contribution in [0.25, 0.3) is 38.7 Å². The van der Waals surface area contributed by atoms with E-state index < -0.39 is 0 Å². The van der Waals surface area contributed by atoms with Crippen LogP contribution in [0.1, 0.15) is 30.0 Å². The van der Waals surface area contributed by atoms with E-state index in [0.717, 1.165) is 46.5 Å². The van der Waals surface area contributed by atoms with Crippen molar-refractivity contribution in [2.75, 3.05) is 0 Å². The quantitative estimate of drug-likeness (QED) is 0.254. The maximum Gasteiger partial charge on any atom is 0.129 e. The molecule has 0 saturated carbocycles. The third-order valence-electron chi connectivity index (χ3n) is 7.65. The monoisotopic (exact) mass is 515 g/mol. The molecule has 0 bridgehead atoms. The Morgan fingerprint density at radius 3 is 2.40 bits per heavy atom. The van der Waals surface area contributed by atoms with Crippen LogP contribution in [-0.4, -0.2) is 10.8 Å². The Kier molecular flexibility index (Phi) is 6.39. The summed E-state index contributed by atoms with van der Waals surface area (Å²) < 4.78 is 0. The fourth-order valence-electron chi connectivity index (χ4n) is 5.57. The lowest BCUT2D eigenvalue weighted by Crippen LogP contribution is -2.28. The van der Waals surface area contributed by atoms with Gasteiger partial charge in [-0.3, -0.25) is 9.98 Å². The van der Waals surface area contributed by atoms with Gasteiger partial charge in [0.05, 0.1) is 6.04 Å². The van der Waals surface area contributed by atoms with Gasteiger partial charge in [0.1, 0.15) is 5.84 Å². The molecule has 1 aliphatic carbocycles. The van der Waals surface area contributed by atoms with Gasteiger partial charge in [0.2, 0.25) is 0 Å². The first-order valence-electron chi connectivity index (χ1n) is 13.8. The number of aliphatic imine (C=N–C) groups is 1. The molecule has 3 heteroatoms. The maximum atomic E-state index is 5.22. The SMILES string of the molecule is C1=CCCC(C2=NC(c3cccc(-c4ccccc4)c3)C=C(c3cccc(-c4cncc5ccccc45)c3)N2)=C1. The average Bonchev–Trinajstić information content (AvgIpc) is 3.05. The molecular weight excluding hydrogens is 486 g/mol. The van der Waals surface area contributed by atoms with E-state index in [9.17, 15) is 0 Å². The van der Waals surface area contributed by atoms with Gasteiger partial charge in [0, 0.05) is 29.0 Å². The number of rotatable bonds is 5. The fraction of sp³-hybridized carbons (Fsp3) is 0.0811. The van der Waals surface area contributed by atoms with Gasteiger partial charge in [-0.15, -0.1) is 0 Å². The second-order valence-electron chi connectivity index (χ2n) is 10.3. The number of benzene rings is 4. The third kappa shape index (κ3) is 4.78. The zero-order valence-electron chi connectivity index (χ0n) is 22.2. The number of hydrogen-bond donors (Lipinski definition) is 1. The predicted octanol–water partition coefficient (Wildman–Crippen LogP) is 8.93. The highest BCUT2D eigenvalue weighted by atomic mass is 15.0. The van der Waals surface area contributed by atoms with Crippen LogP contribution >= 0.6 is 0 Å². The first kappa shape index (κ1) is 24.1. The number of aromatic nitrogens is 1. The first-order valence-corrected chi connectivity index (χ1v) is 13.8. The van der Waals surface area contributed by atoms with E-state index >= 15 is 0 Å². The van der Waals surface area contributed by atoms with Crippen LogP contribution in [0.3, 0.4) is 0 Å². The van der Waals surface area contributed by atoms with Crippen molar-refractivity contribution in [3.05, 3.63) is 157 Å². The van der Waals surface area contributed by atoms with Crippen LogP contribution < -0.4 is 5.32 Å². The molecule has 3 nitrogen and oxygen atoms in total. The molecule has 0 fully saturated rings. The lowest BCUT2D eigenvalue weighted by Gasteiger charge is -2.25. The number of hydrogen-bond acceptors (Lipinski definition) is 3. The molecule has 4 aromatic carbocycles. The van der Waals surface area contributed by atoms with Gasteiger partial charge in [-0.05, 0) is 69.8 Å². The molecule has 40 heavy (non-hydrogen) atoms. The molecule has 1 aliphatic heterocycles. The van der Waals surface area contributed by atoms with Crippen LogP contribution in [0.2, 0.25) is 0 Å².